The van der Waals surface area contributed by atoms with Crippen molar-refractivity contribution in [2.24, 2.45) is 5.92 Å². The largest absolute Gasteiger partial charge is 0.315 e. The summed E-state index contributed by atoms with van der Waals surface area (Å²) in [5.41, 5.74) is 0. The van der Waals surface area contributed by atoms with Gasteiger partial charge in [0.25, 0.3) is 0 Å². The lowest BCUT2D eigenvalue weighted by Gasteiger charge is -2.17. The summed E-state index contributed by atoms with van der Waals surface area (Å²) in [6.45, 7) is 8.19. The van der Waals surface area contributed by atoms with E-state index in [9.17, 15) is 0 Å². The van der Waals surface area contributed by atoms with Gasteiger partial charge in [-0.1, -0.05) is 13.3 Å². The third-order valence-electron chi connectivity index (χ3n) is 3.25. The van der Waals surface area contributed by atoms with Crippen LogP contribution in [0.25, 0.3) is 0 Å². The van der Waals surface area contributed by atoms with E-state index in [0.717, 1.165) is 12.5 Å². The minimum atomic E-state index is 0.698. The molecule has 0 aliphatic heterocycles. The first-order valence-electron chi connectivity index (χ1n) is 6.64. The van der Waals surface area contributed by atoms with Gasteiger partial charge in [0.05, 0.1) is 0 Å². The molecule has 0 heterocycles. The lowest BCUT2D eigenvalue weighted by Crippen LogP contribution is -2.26. The van der Waals surface area contributed by atoms with Crippen LogP contribution < -0.4 is 5.32 Å². The van der Waals surface area contributed by atoms with E-state index in [1.807, 2.05) is 0 Å². The number of nitrogens with one attached hydrogen (secondary N) is 1. The Balaban J connectivity index is 1.86. The van der Waals surface area contributed by atoms with Gasteiger partial charge in [-0.15, -0.1) is 0 Å². The first-order chi connectivity index (χ1) is 7.22. The summed E-state index contributed by atoms with van der Waals surface area (Å²) in [5, 5.41) is 3.46. The fraction of sp³-hybridized carbons (Fsp3) is 1.00. The van der Waals surface area contributed by atoms with Gasteiger partial charge >= 0.3 is 0 Å². The SMILES string of the molecule is CCNC(C)CCCCN(C)CC1CC1. The van der Waals surface area contributed by atoms with E-state index in [4.69, 9.17) is 0 Å². The first kappa shape index (κ1) is 13.0. The van der Waals surface area contributed by atoms with Crippen LogP contribution >= 0.6 is 0 Å². The second-order valence-corrected chi connectivity index (χ2v) is 5.16. The molecule has 2 nitrogen and oxygen atoms in total. The maximum Gasteiger partial charge on any atom is 0.00386 e. The van der Waals surface area contributed by atoms with Crippen LogP contribution in [0.4, 0.5) is 0 Å². The molecule has 0 aromatic carbocycles. The second-order valence-electron chi connectivity index (χ2n) is 5.16. The van der Waals surface area contributed by atoms with Gasteiger partial charge in [-0.2, -0.15) is 0 Å². The van der Waals surface area contributed by atoms with Crippen molar-refractivity contribution in [2.75, 3.05) is 26.7 Å². The molecule has 1 aliphatic carbocycles. The number of nitrogens with zero attached hydrogens (tertiary/aromatic N) is 1. The summed E-state index contributed by atoms with van der Waals surface area (Å²) in [6, 6.07) is 0.698. The highest BCUT2D eigenvalue weighted by atomic mass is 15.1. The Morgan fingerprint density at radius 2 is 2.07 bits per heavy atom. The molecule has 1 unspecified atom stereocenters. The van der Waals surface area contributed by atoms with Crippen LogP contribution in [0.3, 0.4) is 0 Å². The third-order valence-corrected chi connectivity index (χ3v) is 3.25. The number of hydrogen-bond acceptors (Lipinski definition) is 2. The van der Waals surface area contributed by atoms with Crippen molar-refractivity contribution in [3.63, 3.8) is 0 Å². The zero-order valence-corrected chi connectivity index (χ0v) is 10.8. The summed E-state index contributed by atoms with van der Waals surface area (Å²) in [4.78, 5) is 2.51. The molecule has 1 fully saturated rings. The molecule has 0 aromatic heterocycles. The van der Waals surface area contributed by atoms with Gasteiger partial charge in [0.2, 0.25) is 0 Å². The zero-order chi connectivity index (χ0) is 11.1. The van der Waals surface area contributed by atoms with Gasteiger partial charge in [-0.3, -0.25) is 0 Å². The van der Waals surface area contributed by atoms with Gasteiger partial charge in [-0.05, 0) is 58.7 Å². The molecule has 2 heteroatoms. The average Bonchev–Trinajstić information content (AvgIpc) is 2.97. The molecule has 1 rings (SSSR count). The summed E-state index contributed by atoms with van der Waals surface area (Å²) in [6.07, 6.45) is 7.00. The van der Waals surface area contributed by atoms with Crippen molar-refractivity contribution in [3.8, 4) is 0 Å². The molecular formula is C13H28N2. The molecule has 1 saturated carbocycles. The number of rotatable bonds is 9. The molecule has 0 spiro atoms. The fourth-order valence-corrected chi connectivity index (χ4v) is 2.12. The van der Waals surface area contributed by atoms with Gasteiger partial charge in [0, 0.05) is 12.6 Å². The summed E-state index contributed by atoms with van der Waals surface area (Å²) in [7, 11) is 2.27. The number of unbranched alkanes of at least 4 members (excludes halogenated alkanes) is 1. The van der Waals surface area contributed by atoms with Crippen LogP contribution in [-0.2, 0) is 0 Å². The Labute approximate surface area is 95.4 Å². The Hall–Kier alpha value is -0.0800. The van der Waals surface area contributed by atoms with Gasteiger partial charge in [-0.25, -0.2) is 0 Å². The molecule has 1 N–H and O–H groups in total. The van der Waals surface area contributed by atoms with Crippen LogP contribution in [0.2, 0.25) is 0 Å². The molecule has 1 atom stereocenters. The highest BCUT2D eigenvalue weighted by Gasteiger charge is 2.22. The van der Waals surface area contributed by atoms with Crippen LogP contribution in [-0.4, -0.2) is 37.6 Å². The zero-order valence-electron chi connectivity index (χ0n) is 10.8. The molecule has 0 aromatic rings. The van der Waals surface area contributed by atoms with E-state index in [0.29, 0.717) is 6.04 Å². The lowest BCUT2D eigenvalue weighted by atomic mass is 10.1. The molecule has 0 bridgehead atoms. The summed E-state index contributed by atoms with van der Waals surface area (Å²) < 4.78 is 0. The number of hydrogen-bond donors (Lipinski definition) is 1. The summed E-state index contributed by atoms with van der Waals surface area (Å²) >= 11 is 0. The smallest absolute Gasteiger partial charge is 0.00386 e. The quantitative estimate of drug-likeness (QED) is 0.591. The van der Waals surface area contributed by atoms with E-state index < -0.39 is 0 Å². The molecule has 0 radical (unpaired) electrons. The third kappa shape index (κ3) is 6.91. The van der Waals surface area contributed by atoms with Gasteiger partial charge < -0.3 is 10.2 Å². The highest BCUT2D eigenvalue weighted by molar-refractivity contribution is 4.75. The monoisotopic (exact) mass is 212 g/mol. The van der Waals surface area contributed by atoms with E-state index in [-0.39, 0.29) is 0 Å². The van der Waals surface area contributed by atoms with E-state index in [1.54, 1.807) is 0 Å². The molecule has 15 heavy (non-hydrogen) atoms. The van der Waals surface area contributed by atoms with Crippen LogP contribution in [0, 0.1) is 5.92 Å². The standard InChI is InChI=1S/C13H28N2/c1-4-14-12(2)7-5-6-10-15(3)11-13-8-9-13/h12-14H,4-11H2,1-3H3. The predicted molar refractivity (Wildman–Crippen MR) is 67.2 cm³/mol. The van der Waals surface area contributed by atoms with Crippen molar-refractivity contribution in [3.05, 3.63) is 0 Å². The molecular weight excluding hydrogens is 184 g/mol. The van der Waals surface area contributed by atoms with Crippen LogP contribution in [0.5, 0.6) is 0 Å². The first-order valence-corrected chi connectivity index (χ1v) is 6.64. The average molecular weight is 212 g/mol. The van der Waals surface area contributed by atoms with Crippen molar-refractivity contribution in [1.29, 1.82) is 0 Å². The highest BCUT2D eigenvalue weighted by Crippen LogP contribution is 2.29. The van der Waals surface area contributed by atoms with Crippen molar-refractivity contribution in [2.45, 2.75) is 52.0 Å². The van der Waals surface area contributed by atoms with Crippen LogP contribution in [0.15, 0.2) is 0 Å². The summed E-state index contributed by atoms with van der Waals surface area (Å²) in [5.74, 6) is 1.04. The van der Waals surface area contributed by atoms with E-state index >= 15 is 0 Å². The fourth-order valence-electron chi connectivity index (χ4n) is 2.12. The van der Waals surface area contributed by atoms with Gasteiger partial charge in [0.15, 0.2) is 0 Å². The molecule has 0 amide bonds. The van der Waals surface area contributed by atoms with E-state index in [2.05, 4.69) is 31.1 Å². The maximum absolute atomic E-state index is 3.46. The topological polar surface area (TPSA) is 15.3 Å². The van der Waals surface area contributed by atoms with Crippen LogP contribution in [0.1, 0.15) is 46.0 Å². The minimum Gasteiger partial charge on any atom is -0.315 e. The predicted octanol–water partition coefficient (Wildman–Crippen LogP) is 2.50. The molecule has 90 valence electrons. The minimum absolute atomic E-state index is 0.698. The Morgan fingerprint density at radius 3 is 2.67 bits per heavy atom. The van der Waals surface area contributed by atoms with Crippen molar-refractivity contribution < 1.29 is 0 Å². The maximum atomic E-state index is 3.46. The Kier molecular flexibility index (Phi) is 6.26. The molecule has 1 aliphatic rings. The van der Waals surface area contributed by atoms with Crippen molar-refractivity contribution in [1.82, 2.24) is 10.2 Å². The molecule has 0 saturated heterocycles. The normalized spacial score (nSPS) is 18.4. The van der Waals surface area contributed by atoms with Gasteiger partial charge in [0.1, 0.15) is 0 Å². The van der Waals surface area contributed by atoms with Crippen molar-refractivity contribution >= 4 is 0 Å². The second kappa shape index (κ2) is 7.24. The lowest BCUT2D eigenvalue weighted by molar-refractivity contribution is 0.309. The van der Waals surface area contributed by atoms with E-state index in [1.165, 1.54) is 45.2 Å². The Bertz CT molecular complexity index is 155. The Morgan fingerprint density at radius 1 is 1.33 bits per heavy atom.